The first-order valence-corrected chi connectivity index (χ1v) is 10.1. The van der Waals surface area contributed by atoms with Crippen molar-refractivity contribution in [1.82, 2.24) is 0 Å². The van der Waals surface area contributed by atoms with Crippen molar-refractivity contribution in [2.24, 2.45) is 0 Å². The molecule has 0 aromatic heterocycles. The topological polar surface area (TPSA) is 0 Å². The molecule has 4 aromatic rings. The van der Waals surface area contributed by atoms with Crippen molar-refractivity contribution in [3.63, 3.8) is 0 Å². The van der Waals surface area contributed by atoms with Gasteiger partial charge in [-0.3, -0.25) is 0 Å². The van der Waals surface area contributed by atoms with Gasteiger partial charge in [0.25, 0.3) is 0 Å². The molecule has 0 radical (unpaired) electrons. The van der Waals surface area contributed by atoms with E-state index in [1.807, 2.05) is 0 Å². The largest absolute Gasteiger partial charge is 0.0831 e. The van der Waals surface area contributed by atoms with Crippen molar-refractivity contribution in [3.05, 3.63) is 129 Å². The molecule has 130 valence electrons. The average Bonchev–Trinajstić information content (AvgIpc) is 3.00. The Morgan fingerprint density at radius 2 is 1.15 bits per heavy atom. The summed E-state index contributed by atoms with van der Waals surface area (Å²) < 4.78 is 0.923. The van der Waals surface area contributed by atoms with Gasteiger partial charge in [-0.25, -0.2) is 0 Å². The zero-order valence-corrected chi connectivity index (χ0v) is 16.8. The average molecular weight is 432 g/mol. The van der Waals surface area contributed by atoms with Crippen LogP contribution in [-0.4, -0.2) is 0 Å². The minimum atomic E-state index is -0.360. The molecule has 0 aliphatic heterocycles. The van der Waals surface area contributed by atoms with Gasteiger partial charge >= 0.3 is 0 Å². The van der Waals surface area contributed by atoms with E-state index in [2.05, 4.69) is 113 Å². The normalized spacial score (nSPS) is 13.9. The first-order valence-electron chi connectivity index (χ1n) is 8.93. The molecule has 0 spiro atoms. The molecule has 0 saturated carbocycles. The molecule has 0 saturated heterocycles. The maximum Gasteiger partial charge on any atom is 0.0713 e. The SMILES string of the molecule is Clc1cc2c(cc1Br)C(c1ccccc1)(c1ccccc1)c1ccccc1-2. The first-order chi connectivity index (χ1) is 13.2. The number of hydrogen-bond donors (Lipinski definition) is 0. The highest BCUT2D eigenvalue weighted by molar-refractivity contribution is 9.10. The van der Waals surface area contributed by atoms with Crippen molar-refractivity contribution in [1.29, 1.82) is 0 Å². The molecule has 0 fully saturated rings. The summed E-state index contributed by atoms with van der Waals surface area (Å²) in [6.07, 6.45) is 0. The zero-order valence-electron chi connectivity index (χ0n) is 14.5. The molecular weight excluding hydrogens is 416 g/mol. The summed E-state index contributed by atoms with van der Waals surface area (Å²) in [6, 6.07) is 34.5. The predicted molar refractivity (Wildman–Crippen MR) is 116 cm³/mol. The van der Waals surface area contributed by atoms with Gasteiger partial charge in [0.05, 0.1) is 10.4 Å². The maximum atomic E-state index is 6.50. The lowest BCUT2D eigenvalue weighted by atomic mass is 9.68. The van der Waals surface area contributed by atoms with E-state index in [1.165, 1.54) is 33.4 Å². The third-order valence-electron chi connectivity index (χ3n) is 5.50. The lowest BCUT2D eigenvalue weighted by Gasteiger charge is -2.34. The van der Waals surface area contributed by atoms with E-state index < -0.39 is 0 Å². The number of halogens is 2. The fraction of sp³-hybridized carbons (Fsp3) is 0.0400. The summed E-state index contributed by atoms with van der Waals surface area (Å²) in [5.74, 6) is 0. The molecule has 4 aromatic carbocycles. The van der Waals surface area contributed by atoms with Gasteiger partial charge in [-0.1, -0.05) is 96.5 Å². The van der Waals surface area contributed by atoms with Crippen LogP contribution in [0.1, 0.15) is 22.3 Å². The predicted octanol–water partition coefficient (Wildman–Crippen LogP) is 7.47. The summed E-state index contributed by atoms with van der Waals surface area (Å²) in [5, 5.41) is 0.737. The number of benzene rings is 4. The quantitative estimate of drug-likeness (QED) is 0.272. The van der Waals surface area contributed by atoms with Crippen LogP contribution in [-0.2, 0) is 5.41 Å². The monoisotopic (exact) mass is 430 g/mol. The standard InChI is InChI=1S/C25H16BrCl/c26-23-16-22-20(15-24(23)27)19-13-7-8-14-21(19)25(22,17-9-3-1-4-10-17)18-11-5-2-6-12-18/h1-16H. The summed E-state index contributed by atoms with van der Waals surface area (Å²) in [5.41, 5.74) is 7.17. The minimum Gasteiger partial charge on any atom is -0.0831 e. The molecular formula is C25H16BrCl. The Hall–Kier alpha value is -2.35. The molecule has 0 atom stereocenters. The molecule has 0 bridgehead atoms. The Labute approximate surface area is 172 Å². The van der Waals surface area contributed by atoms with Crippen LogP contribution in [0.25, 0.3) is 11.1 Å². The zero-order chi connectivity index (χ0) is 18.4. The summed E-state index contributed by atoms with van der Waals surface area (Å²) >= 11 is 10.2. The minimum absolute atomic E-state index is 0.360. The van der Waals surface area contributed by atoms with E-state index in [4.69, 9.17) is 11.6 Å². The second-order valence-electron chi connectivity index (χ2n) is 6.84. The van der Waals surface area contributed by atoms with Gasteiger partial charge in [0.2, 0.25) is 0 Å². The third-order valence-corrected chi connectivity index (χ3v) is 6.70. The molecule has 0 N–H and O–H groups in total. The second-order valence-corrected chi connectivity index (χ2v) is 8.10. The Bertz CT molecular complexity index is 1090. The Balaban J connectivity index is 1.99. The smallest absolute Gasteiger partial charge is 0.0713 e. The van der Waals surface area contributed by atoms with Gasteiger partial charge in [-0.15, -0.1) is 0 Å². The van der Waals surface area contributed by atoms with Crippen LogP contribution in [0.5, 0.6) is 0 Å². The van der Waals surface area contributed by atoms with E-state index in [1.54, 1.807) is 0 Å². The lowest BCUT2D eigenvalue weighted by Crippen LogP contribution is -2.28. The number of hydrogen-bond acceptors (Lipinski definition) is 0. The van der Waals surface area contributed by atoms with Crippen LogP contribution in [0.2, 0.25) is 5.02 Å². The molecule has 0 amide bonds. The van der Waals surface area contributed by atoms with Crippen molar-refractivity contribution in [2.75, 3.05) is 0 Å². The Morgan fingerprint density at radius 1 is 0.593 bits per heavy atom. The van der Waals surface area contributed by atoms with Crippen LogP contribution in [0, 0.1) is 0 Å². The number of rotatable bonds is 2. The van der Waals surface area contributed by atoms with E-state index in [9.17, 15) is 0 Å². The van der Waals surface area contributed by atoms with Gasteiger partial charge in [-0.2, -0.15) is 0 Å². The first kappa shape index (κ1) is 16.8. The summed E-state index contributed by atoms with van der Waals surface area (Å²) in [6.45, 7) is 0. The third kappa shape index (κ3) is 2.35. The fourth-order valence-corrected chi connectivity index (χ4v) is 4.94. The molecule has 0 unspecified atom stereocenters. The molecule has 0 heterocycles. The van der Waals surface area contributed by atoms with E-state index in [0.717, 1.165) is 9.50 Å². The Morgan fingerprint density at radius 3 is 1.78 bits per heavy atom. The van der Waals surface area contributed by atoms with Crippen molar-refractivity contribution < 1.29 is 0 Å². The summed E-state index contributed by atoms with van der Waals surface area (Å²) in [7, 11) is 0. The second kappa shape index (κ2) is 6.37. The maximum absolute atomic E-state index is 6.50. The molecule has 1 aliphatic rings. The van der Waals surface area contributed by atoms with Crippen molar-refractivity contribution in [3.8, 4) is 11.1 Å². The molecule has 2 heteroatoms. The van der Waals surface area contributed by atoms with Gasteiger partial charge in [0.1, 0.15) is 0 Å². The van der Waals surface area contributed by atoms with Gasteiger partial charge in [0, 0.05) is 4.47 Å². The van der Waals surface area contributed by atoms with Crippen molar-refractivity contribution >= 4 is 27.5 Å². The summed E-state index contributed by atoms with van der Waals surface area (Å²) in [4.78, 5) is 0. The molecule has 0 nitrogen and oxygen atoms in total. The Kier molecular flexibility index (Phi) is 3.96. The highest BCUT2D eigenvalue weighted by atomic mass is 79.9. The van der Waals surface area contributed by atoms with Crippen LogP contribution >= 0.6 is 27.5 Å². The van der Waals surface area contributed by atoms with E-state index in [-0.39, 0.29) is 5.41 Å². The fourth-order valence-electron chi connectivity index (χ4n) is 4.43. The van der Waals surface area contributed by atoms with Gasteiger partial charge < -0.3 is 0 Å². The lowest BCUT2D eigenvalue weighted by molar-refractivity contribution is 0.768. The van der Waals surface area contributed by atoms with E-state index in [0.29, 0.717) is 0 Å². The highest BCUT2D eigenvalue weighted by Gasteiger charge is 2.46. The van der Waals surface area contributed by atoms with Crippen LogP contribution < -0.4 is 0 Å². The molecule has 5 rings (SSSR count). The van der Waals surface area contributed by atoms with Gasteiger partial charge in [-0.05, 0) is 61.4 Å². The highest BCUT2D eigenvalue weighted by Crippen LogP contribution is 2.57. The van der Waals surface area contributed by atoms with Gasteiger partial charge in [0.15, 0.2) is 0 Å². The van der Waals surface area contributed by atoms with Crippen LogP contribution in [0.3, 0.4) is 0 Å². The van der Waals surface area contributed by atoms with Crippen LogP contribution in [0.4, 0.5) is 0 Å². The van der Waals surface area contributed by atoms with Crippen LogP contribution in [0.15, 0.2) is 102 Å². The van der Waals surface area contributed by atoms with E-state index >= 15 is 0 Å². The number of fused-ring (bicyclic) bond motifs is 3. The molecule has 1 aliphatic carbocycles. The molecule has 27 heavy (non-hydrogen) atoms. The van der Waals surface area contributed by atoms with Crippen molar-refractivity contribution in [2.45, 2.75) is 5.41 Å².